The number of aliphatic hydroxyl groups excluding tert-OH is 1. The lowest BCUT2D eigenvalue weighted by Gasteiger charge is -2.29. The van der Waals surface area contributed by atoms with Crippen molar-refractivity contribution in [2.45, 2.75) is 79.4 Å². The number of hydrogen-bond acceptors (Lipinski definition) is 3. The maximum absolute atomic E-state index is 12.1. The molecule has 130 valence electrons. The average Bonchev–Trinajstić information content (AvgIpc) is 2.50. The minimum absolute atomic E-state index is 0.181. The molecule has 0 aromatic carbocycles. The lowest BCUT2D eigenvalue weighted by Crippen LogP contribution is -2.29. The SMILES string of the molecule is C/C=C(/C)C(=O)OC1C/C=C(\C)CCCC(C)(C)[C@H](O)/C=C\1C. The minimum atomic E-state index is -0.537. The second-order valence-electron chi connectivity index (χ2n) is 7.35. The first-order valence-corrected chi connectivity index (χ1v) is 8.53. The summed E-state index contributed by atoms with van der Waals surface area (Å²) >= 11 is 0. The van der Waals surface area contributed by atoms with Crippen LogP contribution in [0.4, 0.5) is 0 Å². The van der Waals surface area contributed by atoms with E-state index in [0.717, 1.165) is 24.8 Å². The van der Waals surface area contributed by atoms with Crippen LogP contribution in [0.25, 0.3) is 0 Å². The van der Waals surface area contributed by atoms with Gasteiger partial charge in [-0.1, -0.05) is 37.6 Å². The summed E-state index contributed by atoms with van der Waals surface area (Å²) in [6, 6.07) is 0. The highest BCUT2D eigenvalue weighted by Gasteiger charge is 2.27. The quantitative estimate of drug-likeness (QED) is 0.455. The number of esters is 1. The van der Waals surface area contributed by atoms with Crippen LogP contribution in [-0.4, -0.2) is 23.3 Å². The Kier molecular flexibility index (Phi) is 7.27. The second kappa shape index (κ2) is 8.49. The van der Waals surface area contributed by atoms with Crippen molar-refractivity contribution in [2.24, 2.45) is 5.41 Å². The van der Waals surface area contributed by atoms with Crippen LogP contribution in [0.3, 0.4) is 0 Å². The third-order valence-corrected chi connectivity index (χ3v) is 4.81. The van der Waals surface area contributed by atoms with Gasteiger partial charge in [-0.2, -0.15) is 0 Å². The molecule has 0 aliphatic heterocycles. The van der Waals surface area contributed by atoms with Crippen molar-refractivity contribution in [1.29, 1.82) is 0 Å². The van der Waals surface area contributed by atoms with Gasteiger partial charge in [0.2, 0.25) is 0 Å². The fourth-order valence-corrected chi connectivity index (χ4v) is 2.63. The molecule has 1 aliphatic rings. The van der Waals surface area contributed by atoms with Gasteiger partial charge in [0.1, 0.15) is 6.10 Å². The Labute approximate surface area is 141 Å². The Hall–Kier alpha value is -1.35. The summed E-state index contributed by atoms with van der Waals surface area (Å²) < 4.78 is 5.66. The van der Waals surface area contributed by atoms with Crippen LogP contribution in [0.15, 0.2) is 34.9 Å². The van der Waals surface area contributed by atoms with Gasteiger partial charge in [-0.15, -0.1) is 0 Å². The summed E-state index contributed by atoms with van der Waals surface area (Å²) in [5.41, 5.74) is 2.65. The zero-order valence-corrected chi connectivity index (χ0v) is 15.5. The normalized spacial score (nSPS) is 31.2. The molecule has 0 aromatic heterocycles. The van der Waals surface area contributed by atoms with Gasteiger partial charge in [0.05, 0.1) is 6.10 Å². The van der Waals surface area contributed by atoms with Crippen LogP contribution in [0.1, 0.15) is 67.2 Å². The van der Waals surface area contributed by atoms with E-state index in [0.29, 0.717) is 12.0 Å². The van der Waals surface area contributed by atoms with Crippen LogP contribution in [-0.2, 0) is 9.53 Å². The van der Waals surface area contributed by atoms with Crippen molar-refractivity contribution < 1.29 is 14.6 Å². The molecule has 0 bridgehead atoms. The van der Waals surface area contributed by atoms with Gasteiger partial charge in [-0.3, -0.25) is 0 Å². The third kappa shape index (κ3) is 5.98. The second-order valence-corrected chi connectivity index (χ2v) is 7.35. The van der Waals surface area contributed by atoms with E-state index in [1.807, 2.05) is 19.9 Å². The lowest BCUT2D eigenvalue weighted by atomic mass is 9.80. The lowest BCUT2D eigenvalue weighted by molar-refractivity contribution is -0.142. The molecule has 2 atom stereocenters. The Bertz CT molecular complexity index is 509. The van der Waals surface area contributed by atoms with Gasteiger partial charge in [-0.25, -0.2) is 4.79 Å². The van der Waals surface area contributed by atoms with Gasteiger partial charge < -0.3 is 9.84 Å². The summed E-state index contributed by atoms with van der Waals surface area (Å²) in [4.78, 5) is 12.1. The molecule has 3 nitrogen and oxygen atoms in total. The number of rotatable bonds is 2. The summed E-state index contributed by atoms with van der Waals surface area (Å²) in [5, 5.41) is 10.5. The molecule has 0 saturated carbocycles. The Morgan fingerprint density at radius 2 is 2.04 bits per heavy atom. The van der Waals surface area contributed by atoms with Crippen LogP contribution in [0.5, 0.6) is 0 Å². The largest absolute Gasteiger partial charge is 0.454 e. The number of allylic oxidation sites excluding steroid dienone is 2. The predicted octanol–water partition coefficient (Wildman–Crippen LogP) is 4.72. The highest BCUT2D eigenvalue weighted by molar-refractivity contribution is 5.87. The molecule has 23 heavy (non-hydrogen) atoms. The Morgan fingerprint density at radius 1 is 1.39 bits per heavy atom. The summed E-state index contributed by atoms with van der Waals surface area (Å²) in [6.45, 7) is 11.8. The molecule has 0 radical (unpaired) electrons. The molecule has 0 aromatic rings. The van der Waals surface area contributed by atoms with E-state index < -0.39 is 6.10 Å². The summed E-state index contributed by atoms with van der Waals surface area (Å²) in [7, 11) is 0. The van der Waals surface area contributed by atoms with Crippen LogP contribution in [0.2, 0.25) is 0 Å². The monoisotopic (exact) mass is 320 g/mol. The van der Waals surface area contributed by atoms with Crippen molar-refractivity contribution in [3.8, 4) is 0 Å². The standard InChI is InChI=1S/C20H32O3/c1-7-15(3)19(22)23-17-11-10-14(2)9-8-12-20(5,6)18(21)13-16(17)4/h7,10,13,17-18,21H,8-9,11-12H2,1-6H3/b14-10+,15-7-,16-13-/t17?,18-/m1/s1. The Balaban J connectivity index is 3.07. The summed E-state index contributed by atoms with van der Waals surface area (Å²) in [5.74, 6) is -0.292. The summed E-state index contributed by atoms with van der Waals surface area (Å²) in [6.07, 6.45) is 8.61. The third-order valence-electron chi connectivity index (χ3n) is 4.81. The molecule has 0 fully saturated rings. The number of aliphatic hydroxyl groups is 1. The van der Waals surface area contributed by atoms with Crippen molar-refractivity contribution in [3.63, 3.8) is 0 Å². The number of ether oxygens (including phenoxy) is 1. The van der Waals surface area contributed by atoms with E-state index in [2.05, 4.69) is 26.8 Å². The molecule has 0 saturated heterocycles. The van der Waals surface area contributed by atoms with Crippen LogP contribution >= 0.6 is 0 Å². The van der Waals surface area contributed by atoms with Crippen molar-refractivity contribution >= 4 is 5.97 Å². The van der Waals surface area contributed by atoms with E-state index >= 15 is 0 Å². The van der Waals surface area contributed by atoms with Crippen molar-refractivity contribution in [2.75, 3.05) is 0 Å². The van der Waals surface area contributed by atoms with E-state index in [-0.39, 0.29) is 17.5 Å². The van der Waals surface area contributed by atoms with E-state index in [4.69, 9.17) is 4.74 Å². The molecular formula is C20H32O3. The molecule has 1 unspecified atom stereocenters. The maximum Gasteiger partial charge on any atom is 0.333 e. The van der Waals surface area contributed by atoms with Crippen LogP contribution in [0, 0.1) is 5.41 Å². The van der Waals surface area contributed by atoms with Gasteiger partial charge in [-0.05, 0) is 57.9 Å². The molecule has 0 spiro atoms. The van der Waals surface area contributed by atoms with Gasteiger partial charge in [0.15, 0.2) is 0 Å². The van der Waals surface area contributed by atoms with E-state index in [9.17, 15) is 9.90 Å². The number of carbonyl (C=O) groups is 1. The number of hydrogen-bond donors (Lipinski definition) is 1. The van der Waals surface area contributed by atoms with E-state index in [1.165, 1.54) is 5.57 Å². The topological polar surface area (TPSA) is 46.5 Å². The highest BCUT2D eigenvalue weighted by Crippen LogP contribution is 2.31. The molecular weight excluding hydrogens is 288 g/mol. The fraction of sp³-hybridized carbons (Fsp3) is 0.650. The van der Waals surface area contributed by atoms with Crippen molar-refractivity contribution in [1.82, 2.24) is 0 Å². The molecule has 1 N–H and O–H groups in total. The molecule has 0 heterocycles. The first-order chi connectivity index (χ1) is 10.7. The number of carbonyl (C=O) groups excluding carboxylic acids is 1. The zero-order valence-electron chi connectivity index (χ0n) is 15.5. The highest BCUT2D eigenvalue weighted by atomic mass is 16.5. The maximum atomic E-state index is 12.1. The van der Waals surface area contributed by atoms with Gasteiger partial charge in [0.25, 0.3) is 0 Å². The molecule has 1 aliphatic carbocycles. The first-order valence-electron chi connectivity index (χ1n) is 8.53. The van der Waals surface area contributed by atoms with Gasteiger partial charge >= 0.3 is 5.97 Å². The van der Waals surface area contributed by atoms with Crippen LogP contribution < -0.4 is 0 Å². The minimum Gasteiger partial charge on any atom is -0.454 e. The van der Waals surface area contributed by atoms with E-state index in [1.54, 1.807) is 13.0 Å². The van der Waals surface area contributed by atoms with Crippen molar-refractivity contribution in [3.05, 3.63) is 34.9 Å². The predicted molar refractivity (Wildman–Crippen MR) is 95.1 cm³/mol. The first kappa shape index (κ1) is 19.7. The smallest absolute Gasteiger partial charge is 0.333 e. The Morgan fingerprint density at radius 3 is 2.65 bits per heavy atom. The average molecular weight is 320 g/mol. The fourth-order valence-electron chi connectivity index (χ4n) is 2.63. The zero-order chi connectivity index (χ0) is 17.6. The molecule has 1 rings (SSSR count). The van der Waals surface area contributed by atoms with Gasteiger partial charge in [0, 0.05) is 12.0 Å². The molecule has 3 heteroatoms. The molecule has 0 amide bonds.